The highest BCUT2D eigenvalue weighted by Gasteiger charge is 2.23. The number of carboxylic acid groups (broad SMARTS) is 1. The Bertz CT molecular complexity index is 942. The lowest BCUT2D eigenvalue weighted by atomic mass is 9.89. The molecule has 5 heteroatoms. The van der Waals surface area contributed by atoms with Gasteiger partial charge in [0.05, 0.1) is 5.56 Å². The largest absolute Gasteiger partial charge is 0.478 e. The fourth-order valence-corrected chi connectivity index (χ4v) is 3.92. The van der Waals surface area contributed by atoms with E-state index in [2.05, 4.69) is 9.88 Å². The second-order valence-electron chi connectivity index (χ2n) is 6.99. The molecule has 0 unspecified atom stereocenters. The van der Waals surface area contributed by atoms with E-state index in [0.717, 1.165) is 48.9 Å². The number of carboxylic acids is 1. The first-order valence-electron chi connectivity index (χ1n) is 8.91. The second kappa shape index (κ2) is 6.92. The number of rotatable bonds is 4. The van der Waals surface area contributed by atoms with Crippen molar-refractivity contribution in [3.63, 3.8) is 0 Å². The molecule has 0 atom stereocenters. The molecule has 0 amide bonds. The van der Waals surface area contributed by atoms with Gasteiger partial charge < -0.3 is 10.1 Å². The zero-order valence-electron chi connectivity index (χ0n) is 14.4. The quantitative estimate of drug-likeness (QED) is 0.732. The van der Waals surface area contributed by atoms with Crippen LogP contribution in [0.2, 0.25) is 0 Å². The van der Waals surface area contributed by atoms with Crippen LogP contribution in [0.15, 0.2) is 48.7 Å². The molecule has 3 aromatic rings. The molecule has 2 aromatic carbocycles. The van der Waals surface area contributed by atoms with E-state index >= 15 is 0 Å². The molecule has 0 saturated carbocycles. The third kappa shape index (κ3) is 3.35. The predicted molar refractivity (Wildman–Crippen MR) is 98.9 cm³/mol. The van der Waals surface area contributed by atoms with E-state index in [4.69, 9.17) is 5.11 Å². The maximum absolute atomic E-state index is 13.6. The van der Waals surface area contributed by atoms with Crippen LogP contribution < -0.4 is 0 Å². The molecule has 1 saturated heterocycles. The van der Waals surface area contributed by atoms with Gasteiger partial charge in [0.1, 0.15) is 5.82 Å². The molecule has 134 valence electrons. The minimum Gasteiger partial charge on any atom is -0.478 e. The van der Waals surface area contributed by atoms with Gasteiger partial charge in [-0.3, -0.25) is 4.90 Å². The minimum atomic E-state index is -0.892. The Kier molecular flexibility index (Phi) is 4.47. The van der Waals surface area contributed by atoms with E-state index in [1.165, 1.54) is 11.6 Å². The maximum Gasteiger partial charge on any atom is 0.335 e. The number of aromatic nitrogens is 1. The number of hydrogen-bond acceptors (Lipinski definition) is 2. The summed E-state index contributed by atoms with van der Waals surface area (Å²) >= 11 is 0. The number of nitrogens with one attached hydrogen (secondary N) is 1. The number of likely N-dealkylation sites (tertiary alicyclic amines) is 1. The smallest absolute Gasteiger partial charge is 0.335 e. The number of nitrogens with zero attached hydrogens (tertiary/aromatic N) is 1. The van der Waals surface area contributed by atoms with Crippen LogP contribution in [0.25, 0.3) is 10.9 Å². The van der Waals surface area contributed by atoms with Gasteiger partial charge in [0, 0.05) is 23.6 Å². The fraction of sp³-hybridized carbons (Fsp3) is 0.286. The zero-order chi connectivity index (χ0) is 18.1. The summed E-state index contributed by atoms with van der Waals surface area (Å²) in [6.07, 6.45) is 4.05. The van der Waals surface area contributed by atoms with Crippen LogP contribution in [0.4, 0.5) is 4.39 Å². The van der Waals surface area contributed by atoms with Crippen molar-refractivity contribution in [2.75, 3.05) is 13.1 Å². The molecule has 0 bridgehead atoms. The van der Waals surface area contributed by atoms with Gasteiger partial charge in [-0.1, -0.05) is 12.1 Å². The van der Waals surface area contributed by atoms with Crippen LogP contribution in [0.5, 0.6) is 0 Å². The first kappa shape index (κ1) is 16.8. The summed E-state index contributed by atoms with van der Waals surface area (Å²) < 4.78 is 13.6. The van der Waals surface area contributed by atoms with Gasteiger partial charge in [0.2, 0.25) is 0 Å². The molecule has 1 aliphatic rings. The molecule has 0 spiro atoms. The fourth-order valence-electron chi connectivity index (χ4n) is 3.92. The number of aromatic amines is 1. The molecule has 1 fully saturated rings. The Hall–Kier alpha value is -2.66. The lowest BCUT2D eigenvalue weighted by Gasteiger charge is -2.32. The summed E-state index contributed by atoms with van der Waals surface area (Å²) in [5, 5.41) is 10.1. The molecule has 0 aliphatic carbocycles. The van der Waals surface area contributed by atoms with Gasteiger partial charge in [-0.15, -0.1) is 0 Å². The summed E-state index contributed by atoms with van der Waals surface area (Å²) in [5.74, 6) is -0.668. The highest BCUT2D eigenvalue weighted by molar-refractivity contribution is 5.87. The van der Waals surface area contributed by atoms with Crippen LogP contribution in [-0.4, -0.2) is 34.0 Å². The second-order valence-corrected chi connectivity index (χ2v) is 6.99. The van der Waals surface area contributed by atoms with Crippen molar-refractivity contribution in [1.29, 1.82) is 0 Å². The third-order valence-corrected chi connectivity index (χ3v) is 5.28. The predicted octanol–water partition coefficient (Wildman–Crippen LogP) is 4.38. The summed E-state index contributed by atoms with van der Waals surface area (Å²) in [6, 6.07) is 12.0. The van der Waals surface area contributed by atoms with Gasteiger partial charge in [-0.25, -0.2) is 9.18 Å². The number of carbonyl (C=O) groups is 1. The SMILES string of the molecule is O=C(O)c1cccc(CN2CCC(c3c[nH]c4ccc(F)cc34)CC2)c1. The number of piperidine rings is 1. The Morgan fingerprint density at radius 1 is 1.19 bits per heavy atom. The first-order valence-corrected chi connectivity index (χ1v) is 8.91. The molecular formula is C21H21FN2O2. The van der Waals surface area contributed by atoms with Gasteiger partial charge in [0.25, 0.3) is 0 Å². The van der Waals surface area contributed by atoms with Crippen molar-refractivity contribution >= 4 is 16.9 Å². The van der Waals surface area contributed by atoms with Gasteiger partial charge >= 0.3 is 5.97 Å². The van der Waals surface area contributed by atoms with Crippen LogP contribution in [0.3, 0.4) is 0 Å². The van der Waals surface area contributed by atoms with Crippen molar-refractivity contribution in [3.8, 4) is 0 Å². The number of fused-ring (bicyclic) bond motifs is 1. The molecule has 4 nitrogen and oxygen atoms in total. The standard InChI is InChI=1S/C21H21FN2O2/c22-17-4-5-20-18(11-17)19(12-23-20)15-6-8-24(9-7-15)13-14-2-1-3-16(10-14)21(25)26/h1-5,10-12,15,23H,6-9,13H2,(H,25,26). The molecule has 2 N–H and O–H groups in total. The molecule has 4 rings (SSSR count). The Balaban J connectivity index is 1.43. The van der Waals surface area contributed by atoms with Gasteiger partial charge in [0.15, 0.2) is 0 Å². The van der Waals surface area contributed by atoms with E-state index in [1.54, 1.807) is 30.3 Å². The summed E-state index contributed by atoms with van der Waals surface area (Å²) in [6.45, 7) is 2.66. The number of H-pyrrole nitrogens is 1. The lowest BCUT2D eigenvalue weighted by Crippen LogP contribution is -2.32. The number of benzene rings is 2. The summed E-state index contributed by atoms with van der Waals surface area (Å²) in [4.78, 5) is 16.7. The van der Waals surface area contributed by atoms with E-state index in [-0.39, 0.29) is 5.82 Å². The number of hydrogen-bond donors (Lipinski definition) is 2. The van der Waals surface area contributed by atoms with E-state index in [9.17, 15) is 9.18 Å². The average Bonchev–Trinajstić information content (AvgIpc) is 3.05. The molecule has 2 heterocycles. The Labute approximate surface area is 151 Å². The Morgan fingerprint density at radius 3 is 2.77 bits per heavy atom. The highest BCUT2D eigenvalue weighted by atomic mass is 19.1. The molecule has 1 aromatic heterocycles. The molecule has 26 heavy (non-hydrogen) atoms. The monoisotopic (exact) mass is 352 g/mol. The normalized spacial score (nSPS) is 16.2. The van der Waals surface area contributed by atoms with Crippen molar-refractivity contribution in [1.82, 2.24) is 9.88 Å². The summed E-state index contributed by atoms with van der Waals surface area (Å²) in [5.41, 5.74) is 3.54. The van der Waals surface area contributed by atoms with Crippen molar-refractivity contribution in [2.45, 2.75) is 25.3 Å². The van der Waals surface area contributed by atoms with Crippen molar-refractivity contribution < 1.29 is 14.3 Å². The van der Waals surface area contributed by atoms with Crippen molar-refractivity contribution in [2.24, 2.45) is 0 Å². The van der Waals surface area contributed by atoms with Gasteiger partial charge in [-0.2, -0.15) is 0 Å². The maximum atomic E-state index is 13.6. The van der Waals surface area contributed by atoms with E-state index in [1.807, 2.05) is 12.3 Å². The molecule has 0 radical (unpaired) electrons. The van der Waals surface area contributed by atoms with Crippen LogP contribution >= 0.6 is 0 Å². The first-order chi connectivity index (χ1) is 12.6. The van der Waals surface area contributed by atoms with E-state index < -0.39 is 5.97 Å². The van der Waals surface area contributed by atoms with Gasteiger partial charge in [-0.05, 0) is 73.3 Å². The van der Waals surface area contributed by atoms with Crippen molar-refractivity contribution in [3.05, 3.63) is 71.2 Å². The topological polar surface area (TPSA) is 56.3 Å². The highest BCUT2D eigenvalue weighted by Crippen LogP contribution is 2.33. The van der Waals surface area contributed by atoms with E-state index in [0.29, 0.717) is 11.5 Å². The number of aromatic carboxylic acids is 1. The lowest BCUT2D eigenvalue weighted by molar-refractivity contribution is 0.0696. The third-order valence-electron chi connectivity index (χ3n) is 5.28. The van der Waals surface area contributed by atoms with Crippen LogP contribution in [0, 0.1) is 5.82 Å². The molecule has 1 aliphatic heterocycles. The molecular weight excluding hydrogens is 331 g/mol. The Morgan fingerprint density at radius 2 is 2.00 bits per heavy atom. The minimum absolute atomic E-state index is 0.200. The summed E-state index contributed by atoms with van der Waals surface area (Å²) in [7, 11) is 0. The zero-order valence-corrected chi connectivity index (χ0v) is 14.4. The van der Waals surface area contributed by atoms with Crippen LogP contribution in [-0.2, 0) is 6.54 Å². The average molecular weight is 352 g/mol. The van der Waals surface area contributed by atoms with Crippen LogP contribution in [0.1, 0.15) is 40.2 Å². The number of halogens is 1.